The number of hydrogen-bond donors (Lipinski definition) is 1. The van der Waals surface area contributed by atoms with Gasteiger partial charge < -0.3 is 15.5 Å². The molecule has 1 aliphatic rings. The van der Waals surface area contributed by atoms with E-state index in [9.17, 15) is 0 Å². The zero-order chi connectivity index (χ0) is 13.2. The second-order valence-corrected chi connectivity index (χ2v) is 5.06. The van der Waals surface area contributed by atoms with E-state index in [0.717, 1.165) is 36.4 Å². The molecule has 0 saturated carbocycles. The third-order valence-electron chi connectivity index (χ3n) is 3.75. The standard InChI is InChI=1S/C14H19N5/c1-18-6-7-19(11(8-15)9-18)14-12-4-2-3-5-13(12)16-10-17-14/h2-5,10-11H,6-9,15H2,1H3. The molecule has 2 aromatic rings. The highest BCUT2D eigenvalue weighted by atomic mass is 15.3. The van der Waals surface area contributed by atoms with Crippen molar-refractivity contribution in [2.75, 3.05) is 38.1 Å². The highest BCUT2D eigenvalue weighted by molar-refractivity contribution is 5.89. The molecule has 1 aromatic carbocycles. The average Bonchev–Trinajstić information content (AvgIpc) is 2.46. The first-order valence-corrected chi connectivity index (χ1v) is 6.64. The topological polar surface area (TPSA) is 58.3 Å². The first kappa shape index (κ1) is 12.3. The molecule has 0 radical (unpaired) electrons. The zero-order valence-electron chi connectivity index (χ0n) is 11.2. The predicted octanol–water partition coefficient (Wildman–Crippen LogP) is 0.709. The minimum Gasteiger partial charge on any atom is -0.349 e. The van der Waals surface area contributed by atoms with Gasteiger partial charge in [-0.2, -0.15) is 0 Å². The lowest BCUT2D eigenvalue weighted by molar-refractivity contribution is 0.269. The largest absolute Gasteiger partial charge is 0.349 e. The molecule has 1 aliphatic heterocycles. The molecule has 1 atom stereocenters. The molecule has 0 amide bonds. The van der Waals surface area contributed by atoms with Gasteiger partial charge in [0.05, 0.1) is 11.6 Å². The van der Waals surface area contributed by atoms with Crippen LogP contribution in [0.3, 0.4) is 0 Å². The molecule has 2 N–H and O–H groups in total. The van der Waals surface area contributed by atoms with E-state index in [1.165, 1.54) is 0 Å². The third kappa shape index (κ3) is 2.27. The molecular formula is C14H19N5. The number of aromatic nitrogens is 2. The predicted molar refractivity (Wildman–Crippen MR) is 77.2 cm³/mol. The van der Waals surface area contributed by atoms with Crippen LogP contribution in [0.1, 0.15) is 0 Å². The number of rotatable bonds is 2. The maximum atomic E-state index is 5.93. The van der Waals surface area contributed by atoms with Gasteiger partial charge in [0.2, 0.25) is 0 Å². The number of fused-ring (bicyclic) bond motifs is 1. The number of para-hydroxylation sites is 1. The Labute approximate surface area is 113 Å². The van der Waals surface area contributed by atoms with Crippen LogP contribution in [0.4, 0.5) is 5.82 Å². The van der Waals surface area contributed by atoms with Gasteiger partial charge in [-0.25, -0.2) is 9.97 Å². The molecule has 1 aromatic heterocycles. The molecule has 0 bridgehead atoms. The number of hydrogen-bond acceptors (Lipinski definition) is 5. The summed E-state index contributed by atoms with van der Waals surface area (Å²) in [5, 5.41) is 1.10. The van der Waals surface area contributed by atoms with Crippen molar-refractivity contribution in [2.45, 2.75) is 6.04 Å². The Bertz CT molecular complexity index is 565. The lowest BCUT2D eigenvalue weighted by Crippen LogP contribution is -2.55. The van der Waals surface area contributed by atoms with Crippen molar-refractivity contribution in [3.05, 3.63) is 30.6 Å². The first-order chi connectivity index (χ1) is 9.29. The maximum Gasteiger partial charge on any atom is 0.140 e. The Balaban J connectivity index is 2.03. The van der Waals surface area contributed by atoms with Crippen LogP contribution in [-0.2, 0) is 0 Å². The monoisotopic (exact) mass is 257 g/mol. The van der Waals surface area contributed by atoms with Gasteiger partial charge in [-0.3, -0.25) is 0 Å². The fourth-order valence-electron chi connectivity index (χ4n) is 2.71. The summed E-state index contributed by atoms with van der Waals surface area (Å²) in [4.78, 5) is 13.5. The van der Waals surface area contributed by atoms with Gasteiger partial charge in [0.1, 0.15) is 12.1 Å². The molecule has 0 spiro atoms. The van der Waals surface area contributed by atoms with Crippen molar-refractivity contribution >= 4 is 16.7 Å². The van der Waals surface area contributed by atoms with E-state index in [-0.39, 0.29) is 0 Å². The van der Waals surface area contributed by atoms with Gasteiger partial charge in [0, 0.05) is 31.6 Å². The Morgan fingerprint density at radius 3 is 2.95 bits per heavy atom. The maximum absolute atomic E-state index is 5.93. The number of nitrogens with zero attached hydrogens (tertiary/aromatic N) is 4. The summed E-state index contributed by atoms with van der Waals surface area (Å²) in [5.41, 5.74) is 6.91. The second-order valence-electron chi connectivity index (χ2n) is 5.06. The van der Waals surface area contributed by atoms with Crippen LogP contribution >= 0.6 is 0 Å². The molecule has 1 saturated heterocycles. The van der Waals surface area contributed by atoms with E-state index < -0.39 is 0 Å². The highest BCUT2D eigenvalue weighted by Gasteiger charge is 2.26. The minimum atomic E-state index is 0.317. The lowest BCUT2D eigenvalue weighted by atomic mass is 10.1. The molecule has 5 nitrogen and oxygen atoms in total. The third-order valence-corrected chi connectivity index (χ3v) is 3.75. The average molecular weight is 257 g/mol. The van der Waals surface area contributed by atoms with Gasteiger partial charge in [0.15, 0.2) is 0 Å². The number of piperazine rings is 1. The van der Waals surface area contributed by atoms with Crippen LogP contribution in [0.5, 0.6) is 0 Å². The summed E-state index contributed by atoms with van der Waals surface area (Å²) < 4.78 is 0. The highest BCUT2D eigenvalue weighted by Crippen LogP contribution is 2.25. The summed E-state index contributed by atoms with van der Waals surface area (Å²) in [7, 11) is 2.14. The van der Waals surface area contributed by atoms with Gasteiger partial charge in [-0.1, -0.05) is 12.1 Å². The smallest absolute Gasteiger partial charge is 0.140 e. The Morgan fingerprint density at radius 1 is 1.26 bits per heavy atom. The summed E-state index contributed by atoms with van der Waals surface area (Å²) in [6, 6.07) is 8.45. The Kier molecular flexibility index (Phi) is 3.31. The van der Waals surface area contributed by atoms with E-state index in [1.54, 1.807) is 6.33 Å². The van der Waals surface area contributed by atoms with Crippen molar-refractivity contribution in [3.63, 3.8) is 0 Å². The molecule has 2 heterocycles. The van der Waals surface area contributed by atoms with Crippen molar-refractivity contribution < 1.29 is 0 Å². The van der Waals surface area contributed by atoms with Gasteiger partial charge in [-0.05, 0) is 19.2 Å². The number of nitrogens with two attached hydrogens (primary N) is 1. The summed E-state index contributed by atoms with van der Waals surface area (Å²) in [5.74, 6) is 1.01. The summed E-state index contributed by atoms with van der Waals surface area (Å²) >= 11 is 0. The zero-order valence-corrected chi connectivity index (χ0v) is 11.2. The van der Waals surface area contributed by atoms with Crippen molar-refractivity contribution in [3.8, 4) is 0 Å². The molecule has 1 fully saturated rings. The molecule has 0 aliphatic carbocycles. The number of benzene rings is 1. The second kappa shape index (κ2) is 5.11. The van der Waals surface area contributed by atoms with E-state index in [1.807, 2.05) is 18.2 Å². The SMILES string of the molecule is CN1CCN(c2ncnc3ccccc23)C(CN)C1. The van der Waals surface area contributed by atoms with Crippen LogP contribution in [0.2, 0.25) is 0 Å². The van der Waals surface area contributed by atoms with Crippen molar-refractivity contribution in [1.82, 2.24) is 14.9 Å². The molecule has 100 valence electrons. The lowest BCUT2D eigenvalue weighted by Gasteiger charge is -2.40. The molecular weight excluding hydrogens is 238 g/mol. The van der Waals surface area contributed by atoms with E-state index in [4.69, 9.17) is 5.73 Å². The molecule has 19 heavy (non-hydrogen) atoms. The van der Waals surface area contributed by atoms with Crippen LogP contribution in [-0.4, -0.2) is 54.1 Å². The van der Waals surface area contributed by atoms with Gasteiger partial charge in [-0.15, -0.1) is 0 Å². The van der Waals surface area contributed by atoms with Crippen LogP contribution in [0, 0.1) is 0 Å². The van der Waals surface area contributed by atoms with E-state index >= 15 is 0 Å². The summed E-state index contributed by atoms with van der Waals surface area (Å²) in [6.45, 7) is 3.62. The normalized spacial score (nSPS) is 20.9. The molecule has 3 rings (SSSR count). The summed E-state index contributed by atoms with van der Waals surface area (Å²) in [6.07, 6.45) is 1.64. The van der Waals surface area contributed by atoms with E-state index in [2.05, 4.69) is 32.9 Å². The quantitative estimate of drug-likeness (QED) is 0.858. The van der Waals surface area contributed by atoms with Gasteiger partial charge in [0.25, 0.3) is 0 Å². The van der Waals surface area contributed by atoms with Crippen molar-refractivity contribution in [1.29, 1.82) is 0 Å². The first-order valence-electron chi connectivity index (χ1n) is 6.64. The Hall–Kier alpha value is -1.72. The fourth-order valence-corrected chi connectivity index (χ4v) is 2.71. The molecule has 1 unspecified atom stereocenters. The number of likely N-dealkylation sites (N-methyl/N-ethyl adjacent to an activating group) is 1. The van der Waals surface area contributed by atoms with Gasteiger partial charge >= 0.3 is 0 Å². The van der Waals surface area contributed by atoms with E-state index in [0.29, 0.717) is 12.6 Å². The number of anilines is 1. The van der Waals surface area contributed by atoms with Crippen molar-refractivity contribution in [2.24, 2.45) is 5.73 Å². The Morgan fingerprint density at radius 2 is 2.11 bits per heavy atom. The van der Waals surface area contributed by atoms with Crippen LogP contribution in [0.15, 0.2) is 30.6 Å². The fraction of sp³-hybridized carbons (Fsp3) is 0.429. The minimum absolute atomic E-state index is 0.317. The van der Waals surface area contributed by atoms with Crippen LogP contribution in [0.25, 0.3) is 10.9 Å². The van der Waals surface area contributed by atoms with Crippen LogP contribution < -0.4 is 10.6 Å². The molecule has 5 heteroatoms.